The standard InChI is InChI=1S/C21H19N5O4/c1-13-19-20(25(24-13)15-6-4-3-5-7-15)23-17(12-18(22-19)21(27)30-2)14-8-10-16(11-9-14)26(28)29/h3-11,26,28H,12H2,1-2H3. The van der Waals surface area contributed by atoms with Gasteiger partial charge in [-0.05, 0) is 36.8 Å². The summed E-state index contributed by atoms with van der Waals surface area (Å²) >= 11 is 0. The van der Waals surface area contributed by atoms with Crippen molar-refractivity contribution < 1.29 is 20.0 Å². The van der Waals surface area contributed by atoms with Crippen molar-refractivity contribution in [3.8, 4) is 5.69 Å². The minimum atomic E-state index is -1.01. The van der Waals surface area contributed by atoms with Crippen LogP contribution in [0.2, 0.25) is 0 Å². The average Bonchev–Trinajstić information content (AvgIpc) is 2.95. The average molecular weight is 405 g/mol. The Balaban J connectivity index is 1.90. The van der Waals surface area contributed by atoms with Crippen LogP contribution in [0.3, 0.4) is 0 Å². The van der Waals surface area contributed by atoms with Gasteiger partial charge in [0.25, 0.3) is 0 Å². The zero-order chi connectivity index (χ0) is 21.3. The molecule has 1 aliphatic heterocycles. The van der Waals surface area contributed by atoms with E-state index in [4.69, 9.17) is 14.9 Å². The van der Waals surface area contributed by atoms with Gasteiger partial charge in [0.15, 0.2) is 11.5 Å². The molecule has 0 saturated heterocycles. The molecule has 9 nitrogen and oxygen atoms in total. The molecule has 0 spiro atoms. The van der Waals surface area contributed by atoms with E-state index in [9.17, 15) is 10.0 Å². The van der Waals surface area contributed by atoms with E-state index in [1.54, 1.807) is 23.7 Å². The van der Waals surface area contributed by atoms with Crippen molar-refractivity contribution in [2.75, 3.05) is 7.11 Å². The smallest absolute Gasteiger partial charge is 0.352 e. The van der Waals surface area contributed by atoms with E-state index >= 15 is 0 Å². The van der Waals surface area contributed by atoms with Gasteiger partial charge in [-0.2, -0.15) is 10.3 Å². The summed E-state index contributed by atoms with van der Waals surface area (Å²) in [5, 5.41) is 23.9. The molecule has 0 bridgehead atoms. The number of hydrogen-bond donors (Lipinski definition) is 2. The van der Waals surface area contributed by atoms with Gasteiger partial charge in [0.2, 0.25) is 0 Å². The maximum absolute atomic E-state index is 12.3. The van der Waals surface area contributed by atoms with Gasteiger partial charge in [0.1, 0.15) is 11.4 Å². The number of fused-ring (bicyclic) bond motifs is 1. The highest BCUT2D eigenvalue weighted by molar-refractivity contribution is 6.42. The molecule has 2 heterocycles. The van der Waals surface area contributed by atoms with Gasteiger partial charge >= 0.3 is 5.97 Å². The number of nitrogens with one attached hydrogen (secondary N) is 1. The van der Waals surface area contributed by atoms with Gasteiger partial charge in [-0.25, -0.2) is 24.7 Å². The number of aryl methyl sites for hydroxylation is 1. The fraction of sp³-hybridized carbons (Fsp3) is 0.143. The molecule has 1 aromatic heterocycles. The molecule has 4 rings (SSSR count). The Morgan fingerprint density at radius 3 is 2.47 bits per heavy atom. The van der Waals surface area contributed by atoms with Crippen LogP contribution in [-0.2, 0) is 9.53 Å². The molecule has 1 aliphatic rings. The zero-order valence-corrected chi connectivity index (χ0v) is 16.4. The first-order chi connectivity index (χ1) is 14.5. The Kier molecular flexibility index (Phi) is 5.23. The Morgan fingerprint density at radius 2 is 1.83 bits per heavy atom. The third kappa shape index (κ3) is 3.64. The quantitative estimate of drug-likeness (QED) is 0.510. The van der Waals surface area contributed by atoms with Crippen LogP contribution in [0.25, 0.3) is 5.69 Å². The van der Waals surface area contributed by atoms with E-state index < -0.39 is 11.2 Å². The first-order valence-electron chi connectivity index (χ1n) is 9.20. The first kappa shape index (κ1) is 19.6. The second-order valence-electron chi connectivity index (χ2n) is 6.67. The summed E-state index contributed by atoms with van der Waals surface area (Å²) in [4.78, 5) is 21.6. The predicted octanol–water partition coefficient (Wildman–Crippen LogP) is 2.35. The van der Waals surface area contributed by atoms with E-state index in [1.807, 2.05) is 30.3 Å². The molecule has 1 atom stereocenters. The summed E-state index contributed by atoms with van der Waals surface area (Å²) in [6.07, 6.45) is 0.141. The second-order valence-corrected chi connectivity index (χ2v) is 6.67. The summed E-state index contributed by atoms with van der Waals surface area (Å²) in [6.45, 7) is 1.80. The van der Waals surface area contributed by atoms with Crippen molar-refractivity contribution in [1.82, 2.24) is 9.78 Å². The van der Waals surface area contributed by atoms with Gasteiger partial charge in [0, 0.05) is 18.6 Å². The number of para-hydroxylation sites is 1. The number of ether oxygens (including phenoxy) is 1. The summed E-state index contributed by atoms with van der Waals surface area (Å²) < 4.78 is 6.58. The van der Waals surface area contributed by atoms with E-state index in [1.165, 1.54) is 19.2 Å². The summed E-state index contributed by atoms with van der Waals surface area (Å²) in [6, 6.07) is 15.8. The van der Waals surface area contributed by atoms with Crippen LogP contribution in [0.4, 0.5) is 17.2 Å². The molecule has 152 valence electrons. The minimum absolute atomic E-state index is 0.141. The molecule has 3 aromatic rings. The Bertz CT molecular complexity index is 1150. The summed E-state index contributed by atoms with van der Waals surface area (Å²) in [7, 11) is 1.30. The second kappa shape index (κ2) is 7.99. The number of aromatic nitrogens is 2. The van der Waals surface area contributed by atoms with Crippen LogP contribution < -0.4 is 5.23 Å². The number of methoxy groups -OCH3 is 1. The van der Waals surface area contributed by atoms with Crippen molar-refractivity contribution >= 4 is 34.6 Å². The topological polar surface area (TPSA) is 117 Å². The van der Waals surface area contributed by atoms with Crippen molar-refractivity contribution in [2.24, 2.45) is 9.98 Å². The number of hydrogen-bond acceptors (Lipinski definition) is 7. The number of nitrogens with zero attached hydrogens (tertiary/aromatic N) is 4. The number of benzene rings is 2. The Hall–Kier alpha value is -3.66. The fourth-order valence-electron chi connectivity index (χ4n) is 3.20. The number of esters is 1. The maximum Gasteiger partial charge on any atom is 0.352 e. The molecule has 9 heteroatoms. The molecular weight excluding hydrogens is 386 g/mol. The molecule has 2 N–H and O–H groups in total. The lowest BCUT2D eigenvalue weighted by molar-refractivity contribution is -0.991. The molecule has 30 heavy (non-hydrogen) atoms. The van der Waals surface area contributed by atoms with Gasteiger partial charge < -0.3 is 9.94 Å². The van der Waals surface area contributed by atoms with Crippen LogP contribution in [0.15, 0.2) is 64.6 Å². The normalized spacial score (nSPS) is 14.3. The lowest BCUT2D eigenvalue weighted by Gasteiger charge is -2.12. The first-order valence-corrected chi connectivity index (χ1v) is 9.20. The highest BCUT2D eigenvalue weighted by Gasteiger charge is 2.25. The Labute approximate surface area is 172 Å². The van der Waals surface area contributed by atoms with Gasteiger partial charge in [-0.1, -0.05) is 18.2 Å². The molecule has 0 fully saturated rings. The lowest BCUT2D eigenvalue weighted by atomic mass is 10.0. The zero-order valence-electron chi connectivity index (χ0n) is 16.4. The van der Waals surface area contributed by atoms with Crippen LogP contribution in [0.5, 0.6) is 0 Å². The van der Waals surface area contributed by atoms with Crippen molar-refractivity contribution in [1.29, 1.82) is 0 Å². The highest BCUT2D eigenvalue weighted by Crippen LogP contribution is 2.37. The van der Waals surface area contributed by atoms with Crippen molar-refractivity contribution in [3.63, 3.8) is 0 Å². The van der Waals surface area contributed by atoms with Crippen molar-refractivity contribution in [3.05, 3.63) is 71.1 Å². The molecule has 0 saturated carbocycles. The number of rotatable bonds is 4. The lowest BCUT2D eigenvalue weighted by Crippen LogP contribution is -2.99. The van der Waals surface area contributed by atoms with Crippen LogP contribution in [0, 0.1) is 12.1 Å². The van der Waals surface area contributed by atoms with E-state index in [0.29, 0.717) is 28.5 Å². The number of carbonyl (C=O) groups excluding carboxylic acids is 1. The van der Waals surface area contributed by atoms with Crippen LogP contribution >= 0.6 is 0 Å². The molecule has 1 unspecified atom stereocenters. The van der Waals surface area contributed by atoms with Gasteiger partial charge in [0.05, 0.1) is 24.2 Å². The monoisotopic (exact) mass is 405 g/mol. The third-order valence-electron chi connectivity index (χ3n) is 4.71. The maximum atomic E-state index is 12.3. The predicted molar refractivity (Wildman–Crippen MR) is 110 cm³/mol. The van der Waals surface area contributed by atoms with E-state index in [0.717, 1.165) is 5.69 Å². The fourth-order valence-corrected chi connectivity index (χ4v) is 3.20. The van der Waals surface area contributed by atoms with E-state index in [-0.39, 0.29) is 17.8 Å². The molecule has 0 radical (unpaired) electrons. The number of aliphatic imine (C=N–C) groups is 2. The van der Waals surface area contributed by atoms with Gasteiger partial charge in [-0.15, -0.1) is 0 Å². The van der Waals surface area contributed by atoms with E-state index in [2.05, 4.69) is 10.1 Å². The van der Waals surface area contributed by atoms with Crippen LogP contribution in [-0.4, -0.2) is 39.5 Å². The molecule has 2 aromatic carbocycles. The SMILES string of the molecule is COC(=O)C1=Nc2c(C)nn(-c3ccccc3)c2N=C(c2ccc([NH+]([O-])O)cc2)C1. The molecular formula is C21H19N5O4. The van der Waals surface area contributed by atoms with Crippen LogP contribution in [0.1, 0.15) is 17.7 Å². The summed E-state index contributed by atoms with van der Waals surface area (Å²) in [5.74, 6) is -0.0560. The summed E-state index contributed by atoms with van der Waals surface area (Å²) in [5.41, 5.74) is 3.55. The van der Waals surface area contributed by atoms with Crippen molar-refractivity contribution in [2.45, 2.75) is 13.3 Å². The number of quaternary nitrogens is 1. The molecule has 0 amide bonds. The minimum Gasteiger partial charge on any atom is -0.595 e. The Morgan fingerprint density at radius 1 is 1.13 bits per heavy atom. The number of carbonyl (C=O) groups is 1. The van der Waals surface area contributed by atoms with Gasteiger partial charge in [-0.3, -0.25) is 0 Å². The highest BCUT2D eigenvalue weighted by atomic mass is 16.8. The molecule has 0 aliphatic carbocycles. The third-order valence-corrected chi connectivity index (χ3v) is 4.71. The largest absolute Gasteiger partial charge is 0.595 e.